The number of aromatic amines is 1. The third kappa shape index (κ3) is 10.5. The lowest BCUT2D eigenvalue weighted by atomic mass is 9.99. The molecule has 14 heteroatoms. The maximum absolute atomic E-state index is 14.7. The Labute approximate surface area is 353 Å². The monoisotopic (exact) mass is 825 g/mol. The normalized spacial score (nSPS) is 23.7. The highest BCUT2D eigenvalue weighted by Gasteiger charge is 2.41. The number of para-hydroxylation sites is 1. The van der Waals surface area contributed by atoms with Crippen LogP contribution in [0.4, 0.5) is 0 Å². The molecule has 6 amide bonds. The van der Waals surface area contributed by atoms with Crippen molar-refractivity contribution in [1.29, 1.82) is 0 Å². The van der Waals surface area contributed by atoms with E-state index in [0.717, 1.165) is 27.6 Å². The predicted molar refractivity (Wildman–Crippen MR) is 229 cm³/mol. The number of aliphatic hydroxyl groups is 1. The number of hydrogen-bond donors (Lipinski definition) is 7. The van der Waals surface area contributed by atoms with Crippen LogP contribution in [-0.4, -0.2) is 99.3 Å². The number of benzene rings is 4. The van der Waals surface area contributed by atoms with Crippen molar-refractivity contribution in [3.8, 4) is 0 Å². The Balaban J connectivity index is 1.29. The van der Waals surface area contributed by atoms with Crippen molar-refractivity contribution in [3.05, 3.63) is 144 Å². The molecule has 7 N–H and O–H groups in total. The minimum Gasteiger partial charge on any atom is -0.391 e. The van der Waals surface area contributed by atoms with Crippen molar-refractivity contribution in [3.63, 3.8) is 0 Å². The molecule has 5 aromatic rings. The topological polar surface area (TPSA) is 202 Å². The highest BCUT2D eigenvalue weighted by Crippen LogP contribution is 2.22. The Morgan fingerprint density at radius 2 is 1.02 bits per heavy atom. The number of aliphatic hydroxyl groups excluding tert-OH is 1. The van der Waals surface area contributed by atoms with E-state index in [1.54, 1.807) is 54.7 Å². The van der Waals surface area contributed by atoms with Crippen LogP contribution in [0, 0.1) is 0 Å². The Kier molecular flexibility index (Phi) is 13.5. The van der Waals surface area contributed by atoms with Gasteiger partial charge in [0.2, 0.25) is 35.4 Å². The molecule has 14 nitrogen and oxygen atoms in total. The second-order valence-electron chi connectivity index (χ2n) is 15.8. The van der Waals surface area contributed by atoms with Crippen LogP contribution in [0.5, 0.6) is 0 Å². The highest BCUT2D eigenvalue weighted by atomic mass is 16.3. The highest BCUT2D eigenvalue weighted by molar-refractivity contribution is 5.99. The number of amides is 6. The average Bonchev–Trinajstić information content (AvgIpc) is 3.93. The van der Waals surface area contributed by atoms with Crippen LogP contribution >= 0.6 is 0 Å². The molecule has 0 saturated carbocycles. The van der Waals surface area contributed by atoms with Gasteiger partial charge in [0.25, 0.3) is 0 Å². The summed E-state index contributed by atoms with van der Waals surface area (Å²) in [6, 6.07) is 27.3. The van der Waals surface area contributed by atoms with Gasteiger partial charge in [-0.1, -0.05) is 109 Å². The molecular formula is C47H51N7O7. The molecule has 0 bridgehead atoms. The van der Waals surface area contributed by atoms with Gasteiger partial charge in [-0.3, -0.25) is 28.8 Å². The van der Waals surface area contributed by atoms with Gasteiger partial charge < -0.3 is 41.6 Å². The summed E-state index contributed by atoms with van der Waals surface area (Å²) in [7, 11) is 0. The SMILES string of the molecule is C[C@@H](O)[C@@H]1NC(=O)[C@H](Cc2ccccc2)NC(=O)[C@H]2CCCN2C(=O)[C@H](Cc2ccccc2)NC(=O)[C@H](Cc2c[nH]c3ccccc23)NC(=O)[C@H](Cc2ccccc2)NC1=O. The Hall–Kier alpha value is -6.80. The Morgan fingerprint density at radius 3 is 1.59 bits per heavy atom. The summed E-state index contributed by atoms with van der Waals surface area (Å²) in [6.45, 7) is 1.57. The van der Waals surface area contributed by atoms with Gasteiger partial charge in [-0.05, 0) is 48.1 Å². The number of fused-ring (bicyclic) bond motifs is 2. The molecule has 2 aliphatic rings. The van der Waals surface area contributed by atoms with E-state index in [0.29, 0.717) is 18.4 Å². The first kappa shape index (κ1) is 42.3. The molecule has 3 heterocycles. The zero-order chi connectivity index (χ0) is 42.9. The van der Waals surface area contributed by atoms with Gasteiger partial charge in [0.15, 0.2) is 0 Å². The maximum Gasteiger partial charge on any atom is 0.246 e. The number of rotatable bonds is 9. The number of carbonyl (C=O) groups is 6. The van der Waals surface area contributed by atoms with Crippen molar-refractivity contribution in [1.82, 2.24) is 36.5 Å². The number of aromatic nitrogens is 1. The third-order valence-corrected chi connectivity index (χ3v) is 11.4. The fourth-order valence-corrected chi connectivity index (χ4v) is 8.13. The molecule has 7 rings (SSSR count). The van der Waals surface area contributed by atoms with Crippen molar-refractivity contribution in [2.24, 2.45) is 0 Å². The van der Waals surface area contributed by atoms with Crippen LogP contribution in [-0.2, 0) is 54.5 Å². The van der Waals surface area contributed by atoms with Crippen molar-refractivity contribution in [2.45, 2.75) is 87.8 Å². The van der Waals surface area contributed by atoms with E-state index in [-0.39, 0.29) is 32.2 Å². The molecule has 0 radical (unpaired) electrons. The van der Waals surface area contributed by atoms with Crippen LogP contribution < -0.4 is 26.6 Å². The minimum absolute atomic E-state index is 0.00152. The Bertz CT molecular complexity index is 2340. The standard InChI is InChI=1S/C47H51N7O7/c1-29(55)41-46(60)51-36(24-30-14-5-2-6-15-30)42(56)49-38(27-33-28-48-35-21-12-11-20-34(33)35)43(57)52-39(26-32-18-9-4-10-19-32)47(61)54-23-13-22-40(54)45(59)50-37(44(58)53-41)25-31-16-7-3-8-17-31/h2-12,14-21,28-29,36-41,48,55H,13,22-27H2,1H3,(H,49,56)(H,50,59)(H,51,60)(H,52,57)(H,53,58)/t29-,36+,37+,38+,39+,40-,41+/m1/s1. The number of nitrogens with one attached hydrogen (secondary N) is 6. The van der Waals surface area contributed by atoms with Gasteiger partial charge in [-0.25, -0.2) is 0 Å². The molecule has 2 saturated heterocycles. The Morgan fingerprint density at radius 1 is 0.557 bits per heavy atom. The van der Waals surface area contributed by atoms with E-state index in [9.17, 15) is 33.9 Å². The third-order valence-electron chi connectivity index (χ3n) is 11.4. The molecular weight excluding hydrogens is 775 g/mol. The lowest BCUT2D eigenvalue weighted by Crippen LogP contribution is -2.63. The number of nitrogens with zero attached hydrogens (tertiary/aromatic N) is 1. The van der Waals surface area contributed by atoms with Crippen LogP contribution in [0.2, 0.25) is 0 Å². The van der Waals surface area contributed by atoms with E-state index in [1.807, 2.05) is 66.7 Å². The van der Waals surface area contributed by atoms with Crippen LogP contribution in [0.15, 0.2) is 121 Å². The fourth-order valence-electron chi connectivity index (χ4n) is 8.13. The average molecular weight is 826 g/mol. The summed E-state index contributed by atoms with van der Waals surface area (Å²) in [6.07, 6.45) is 1.30. The van der Waals surface area contributed by atoms with Crippen molar-refractivity contribution >= 4 is 46.3 Å². The molecule has 0 spiro atoms. The van der Waals surface area contributed by atoms with Gasteiger partial charge >= 0.3 is 0 Å². The predicted octanol–water partition coefficient (Wildman–Crippen LogP) is 2.25. The lowest BCUT2D eigenvalue weighted by molar-refractivity contribution is -0.143. The molecule has 2 fully saturated rings. The number of carbonyl (C=O) groups excluding carboxylic acids is 6. The molecule has 0 unspecified atom stereocenters. The van der Waals surface area contributed by atoms with Gasteiger partial charge in [0.05, 0.1) is 6.10 Å². The van der Waals surface area contributed by atoms with E-state index in [2.05, 4.69) is 31.6 Å². The summed E-state index contributed by atoms with van der Waals surface area (Å²) in [5.74, 6) is -3.99. The number of hydrogen-bond acceptors (Lipinski definition) is 7. The van der Waals surface area contributed by atoms with E-state index < -0.39 is 77.8 Å². The fraction of sp³-hybridized carbons (Fsp3) is 0.319. The first-order valence-electron chi connectivity index (χ1n) is 20.7. The molecule has 61 heavy (non-hydrogen) atoms. The lowest BCUT2D eigenvalue weighted by Gasteiger charge is -2.32. The summed E-state index contributed by atoms with van der Waals surface area (Å²) in [4.78, 5) is 91.1. The van der Waals surface area contributed by atoms with Crippen molar-refractivity contribution in [2.75, 3.05) is 6.54 Å². The largest absolute Gasteiger partial charge is 0.391 e. The summed E-state index contributed by atoms with van der Waals surface area (Å²) in [5, 5.41) is 25.8. The number of H-pyrrole nitrogens is 1. The smallest absolute Gasteiger partial charge is 0.246 e. The van der Waals surface area contributed by atoms with E-state index in [4.69, 9.17) is 0 Å². The second kappa shape index (κ2) is 19.5. The molecule has 2 aliphatic heterocycles. The van der Waals surface area contributed by atoms with Crippen LogP contribution in [0.25, 0.3) is 10.9 Å². The second-order valence-corrected chi connectivity index (χ2v) is 15.8. The van der Waals surface area contributed by atoms with Crippen LogP contribution in [0.3, 0.4) is 0 Å². The molecule has 4 aromatic carbocycles. The first-order valence-corrected chi connectivity index (χ1v) is 20.7. The summed E-state index contributed by atoms with van der Waals surface area (Å²) >= 11 is 0. The van der Waals surface area contributed by atoms with Crippen molar-refractivity contribution < 1.29 is 33.9 Å². The molecule has 316 valence electrons. The van der Waals surface area contributed by atoms with Gasteiger partial charge in [0.1, 0.15) is 36.3 Å². The van der Waals surface area contributed by atoms with Gasteiger partial charge in [-0.15, -0.1) is 0 Å². The molecule has 7 atom stereocenters. The zero-order valence-corrected chi connectivity index (χ0v) is 33.9. The molecule has 1 aromatic heterocycles. The maximum atomic E-state index is 14.7. The van der Waals surface area contributed by atoms with Crippen LogP contribution in [0.1, 0.15) is 42.0 Å². The first-order chi connectivity index (χ1) is 29.5. The molecule has 0 aliphatic carbocycles. The quantitative estimate of drug-likeness (QED) is 0.118. The zero-order valence-electron chi connectivity index (χ0n) is 33.9. The van der Waals surface area contributed by atoms with Gasteiger partial charge in [-0.2, -0.15) is 0 Å². The van der Waals surface area contributed by atoms with E-state index >= 15 is 0 Å². The van der Waals surface area contributed by atoms with E-state index in [1.165, 1.54) is 11.8 Å². The van der Waals surface area contributed by atoms with Gasteiger partial charge in [0, 0.05) is 49.3 Å². The summed E-state index contributed by atoms with van der Waals surface area (Å²) in [5.41, 5.74) is 3.73. The minimum atomic E-state index is -1.54. The summed E-state index contributed by atoms with van der Waals surface area (Å²) < 4.78 is 0.